The van der Waals surface area contributed by atoms with Gasteiger partial charge in [-0.15, -0.1) is 11.3 Å². The summed E-state index contributed by atoms with van der Waals surface area (Å²) in [4.78, 5) is 15.8. The number of aromatic nitrogens is 3. The molecule has 0 saturated heterocycles. The van der Waals surface area contributed by atoms with Crippen LogP contribution in [0.1, 0.15) is 24.2 Å². The second-order valence-corrected chi connectivity index (χ2v) is 15.3. The van der Waals surface area contributed by atoms with Gasteiger partial charge in [-0.3, -0.25) is 0 Å². The third-order valence-electron chi connectivity index (χ3n) is 10.9. The van der Waals surface area contributed by atoms with Crippen molar-refractivity contribution < 1.29 is 4.42 Å². The van der Waals surface area contributed by atoms with Gasteiger partial charge < -0.3 is 4.42 Å². The monoisotopic (exact) mass is 735 g/mol. The lowest BCUT2D eigenvalue weighted by atomic mass is 9.91. The van der Waals surface area contributed by atoms with Gasteiger partial charge in [0.1, 0.15) is 11.2 Å². The molecule has 1 aliphatic carbocycles. The van der Waals surface area contributed by atoms with E-state index in [1.807, 2.05) is 41.7 Å². The van der Waals surface area contributed by atoms with Gasteiger partial charge in [-0.25, -0.2) is 15.0 Å². The number of rotatable bonds is 6. The number of furan rings is 1. The van der Waals surface area contributed by atoms with Crippen LogP contribution in [0.15, 0.2) is 180 Å². The summed E-state index contributed by atoms with van der Waals surface area (Å²) in [5, 5.41) is 4.56. The predicted molar refractivity (Wildman–Crippen MR) is 233 cm³/mol. The molecule has 4 nitrogen and oxygen atoms in total. The van der Waals surface area contributed by atoms with E-state index in [4.69, 9.17) is 19.4 Å². The molecule has 11 rings (SSSR count). The molecule has 0 spiro atoms. The number of hydrogen-bond acceptors (Lipinski definition) is 5. The van der Waals surface area contributed by atoms with E-state index in [2.05, 4.69) is 146 Å². The molecule has 0 atom stereocenters. The van der Waals surface area contributed by atoms with E-state index in [-0.39, 0.29) is 0 Å². The Morgan fingerprint density at radius 2 is 1.00 bits per heavy atom. The molecule has 3 aromatic heterocycles. The maximum Gasteiger partial charge on any atom is 0.168 e. The number of allylic oxidation sites excluding steroid dienone is 4. The van der Waals surface area contributed by atoms with Crippen LogP contribution in [0.3, 0.4) is 0 Å². The zero-order valence-corrected chi connectivity index (χ0v) is 31.1. The van der Waals surface area contributed by atoms with Crippen molar-refractivity contribution in [3.63, 3.8) is 0 Å². The average molecular weight is 736 g/mol. The molecule has 0 unspecified atom stereocenters. The van der Waals surface area contributed by atoms with Crippen molar-refractivity contribution in [3.05, 3.63) is 187 Å². The van der Waals surface area contributed by atoms with Crippen LogP contribution in [-0.2, 0) is 0 Å². The summed E-state index contributed by atoms with van der Waals surface area (Å²) in [5.41, 5.74) is 11.6. The SMILES string of the molecule is C1=C(c2ccccc2)CCC(c2nc(-c3ccccc3)nc(-c3c(-c4cccc5sc6cccc(-c7ccccc7)c6c45)ccc4c3oc3ccccc34)n2)=C1. The zero-order valence-electron chi connectivity index (χ0n) is 30.3. The molecular formula is C51H33N3OS. The third-order valence-corrected chi connectivity index (χ3v) is 12.0. The van der Waals surface area contributed by atoms with Gasteiger partial charge in [0, 0.05) is 36.5 Å². The first kappa shape index (κ1) is 32.5. The van der Waals surface area contributed by atoms with E-state index in [0.717, 1.165) is 62.6 Å². The van der Waals surface area contributed by atoms with Crippen molar-refractivity contribution in [1.29, 1.82) is 0 Å². The molecule has 0 aliphatic heterocycles. The highest BCUT2D eigenvalue weighted by molar-refractivity contribution is 7.26. The second kappa shape index (κ2) is 13.4. The van der Waals surface area contributed by atoms with E-state index in [1.165, 1.54) is 42.4 Å². The van der Waals surface area contributed by atoms with E-state index in [0.29, 0.717) is 17.5 Å². The van der Waals surface area contributed by atoms with Crippen LogP contribution in [0.25, 0.3) is 98.3 Å². The van der Waals surface area contributed by atoms with Gasteiger partial charge in [-0.2, -0.15) is 0 Å². The number of thiophene rings is 1. The number of para-hydroxylation sites is 1. The fourth-order valence-electron chi connectivity index (χ4n) is 8.25. The van der Waals surface area contributed by atoms with Gasteiger partial charge >= 0.3 is 0 Å². The fraction of sp³-hybridized carbons (Fsp3) is 0.0392. The maximum atomic E-state index is 6.85. The Bertz CT molecular complexity index is 3180. The molecular weight excluding hydrogens is 703 g/mol. The van der Waals surface area contributed by atoms with E-state index in [9.17, 15) is 0 Å². The van der Waals surface area contributed by atoms with Crippen LogP contribution in [-0.4, -0.2) is 15.0 Å². The van der Waals surface area contributed by atoms with Gasteiger partial charge in [0.15, 0.2) is 17.5 Å². The molecule has 0 radical (unpaired) electrons. The summed E-state index contributed by atoms with van der Waals surface area (Å²) in [5.74, 6) is 1.91. The molecule has 264 valence electrons. The summed E-state index contributed by atoms with van der Waals surface area (Å²) in [6.07, 6.45) is 6.13. The quantitative estimate of drug-likeness (QED) is 0.171. The Morgan fingerprint density at radius 1 is 0.411 bits per heavy atom. The molecule has 10 aromatic rings. The number of benzene rings is 7. The molecule has 1 aliphatic rings. The Balaban J connectivity index is 1.20. The van der Waals surface area contributed by atoms with E-state index < -0.39 is 0 Å². The zero-order chi connectivity index (χ0) is 37.0. The first-order chi connectivity index (χ1) is 27.8. The van der Waals surface area contributed by atoms with E-state index >= 15 is 0 Å². The first-order valence-corrected chi connectivity index (χ1v) is 19.8. The lowest BCUT2D eigenvalue weighted by molar-refractivity contribution is 0.669. The van der Waals surface area contributed by atoms with Crippen molar-refractivity contribution in [1.82, 2.24) is 15.0 Å². The molecule has 3 heterocycles. The first-order valence-electron chi connectivity index (χ1n) is 19.0. The topological polar surface area (TPSA) is 51.8 Å². The third kappa shape index (κ3) is 5.47. The number of fused-ring (bicyclic) bond motifs is 6. The lowest BCUT2D eigenvalue weighted by Crippen LogP contribution is -2.05. The van der Waals surface area contributed by atoms with Crippen LogP contribution >= 0.6 is 11.3 Å². The summed E-state index contributed by atoms with van der Waals surface area (Å²) < 4.78 is 9.33. The smallest absolute Gasteiger partial charge is 0.168 e. The minimum absolute atomic E-state index is 0.590. The standard InChI is InChI=1S/C51H33N3OS/c1-4-14-32(15-5-1)33-26-28-36(29-27-33)50-52-49(35-18-8-3-9-19-35)53-51(54-50)47-40(30-31-41-38-20-10-11-23-42(38)55-48(41)47)39-22-13-25-44-46(39)45-37(21-12-24-43(45)56-44)34-16-6-2-7-17-34/h1-26,28,30-31H,27,29H2. The van der Waals surface area contributed by atoms with Crippen LogP contribution in [0.4, 0.5) is 0 Å². The Morgan fingerprint density at radius 3 is 1.73 bits per heavy atom. The van der Waals surface area contributed by atoms with Gasteiger partial charge in [0.2, 0.25) is 0 Å². The minimum Gasteiger partial charge on any atom is -0.455 e. The van der Waals surface area contributed by atoms with Gasteiger partial charge in [0.25, 0.3) is 0 Å². The molecule has 0 amide bonds. The van der Waals surface area contributed by atoms with Crippen molar-refractivity contribution >= 4 is 64.6 Å². The van der Waals surface area contributed by atoms with Crippen LogP contribution in [0.5, 0.6) is 0 Å². The second-order valence-electron chi connectivity index (χ2n) is 14.2. The molecule has 0 bridgehead atoms. The highest BCUT2D eigenvalue weighted by Crippen LogP contribution is 2.48. The average Bonchev–Trinajstić information content (AvgIpc) is 3.86. The predicted octanol–water partition coefficient (Wildman–Crippen LogP) is 14.1. The minimum atomic E-state index is 0.590. The van der Waals surface area contributed by atoms with Crippen LogP contribution < -0.4 is 0 Å². The van der Waals surface area contributed by atoms with Crippen LogP contribution in [0, 0.1) is 0 Å². The summed E-state index contributed by atoms with van der Waals surface area (Å²) in [6.45, 7) is 0. The molecule has 0 N–H and O–H groups in total. The van der Waals surface area contributed by atoms with Gasteiger partial charge in [-0.1, -0.05) is 152 Å². The van der Waals surface area contributed by atoms with Gasteiger partial charge in [-0.05, 0) is 76.1 Å². The molecule has 0 fully saturated rings. The fourth-order valence-corrected chi connectivity index (χ4v) is 9.41. The maximum absolute atomic E-state index is 6.85. The number of hydrogen-bond donors (Lipinski definition) is 0. The van der Waals surface area contributed by atoms with E-state index in [1.54, 1.807) is 0 Å². The van der Waals surface area contributed by atoms with Gasteiger partial charge in [0.05, 0.1) is 5.56 Å². The summed E-state index contributed by atoms with van der Waals surface area (Å²) in [6, 6.07) is 57.5. The summed E-state index contributed by atoms with van der Waals surface area (Å²) >= 11 is 1.83. The number of nitrogens with zero attached hydrogens (tertiary/aromatic N) is 3. The van der Waals surface area contributed by atoms with Crippen LogP contribution in [0.2, 0.25) is 0 Å². The highest BCUT2D eigenvalue weighted by atomic mass is 32.1. The largest absolute Gasteiger partial charge is 0.455 e. The Labute approximate surface area is 327 Å². The highest BCUT2D eigenvalue weighted by Gasteiger charge is 2.25. The molecule has 7 aromatic carbocycles. The van der Waals surface area contributed by atoms with Crippen molar-refractivity contribution in [2.24, 2.45) is 0 Å². The molecule has 56 heavy (non-hydrogen) atoms. The van der Waals surface area contributed by atoms with Crippen molar-refractivity contribution in [2.45, 2.75) is 12.8 Å². The van der Waals surface area contributed by atoms with Crippen molar-refractivity contribution in [3.8, 4) is 45.0 Å². The molecule has 0 saturated carbocycles. The Hall–Kier alpha value is -6.95. The normalized spacial score (nSPS) is 13.1. The summed E-state index contributed by atoms with van der Waals surface area (Å²) in [7, 11) is 0. The lowest BCUT2D eigenvalue weighted by Gasteiger charge is -2.17. The Kier molecular flexibility index (Phi) is 7.78. The molecule has 5 heteroatoms. The van der Waals surface area contributed by atoms with Crippen molar-refractivity contribution in [2.75, 3.05) is 0 Å².